The van der Waals surface area contributed by atoms with Crippen LogP contribution in [0, 0.1) is 0 Å². The average molecular weight is 593 g/mol. The predicted molar refractivity (Wildman–Crippen MR) is 145 cm³/mol. The number of aryl methyl sites for hydroxylation is 2. The molecule has 0 bridgehead atoms. The van der Waals surface area contributed by atoms with Gasteiger partial charge >= 0.3 is 31.1 Å². The van der Waals surface area contributed by atoms with Gasteiger partial charge in [0.2, 0.25) is 5.95 Å². The minimum atomic E-state index is -4.67. The number of rotatable bonds is 8. The summed E-state index contributed by atoms with van der Waals surface area (Å²) in [7, 11) is 0. The molecule has 10 nitrogen and oxygen atoms in total. The average Bonchev–Trinajstić information content (AvgIpc) is 2.91. The van der Waals surface area contributed by atoms with Gasteiger partial charge in [0, 0.05) is 49.3 Å². The van der Waals surface area contributed by atoms with Crippen LogP contribution in [0.3, 0.4) is 0 Å². The van der Waals surface area contributed by atoms with Crippen LogP contribution in [-0.2, 0) is 35.0 Å². The summed E-state index contributed by atoms with van der Waals surface area (Å²) >= 11 is 0. The van der Waals surface area contributed by atoms with Crippen molar-refractivity contribution in [3.05, 3.63) is 71.1 Å². The number of benzene rings is 1. The van der Waals surface area contributed by atoms with Crippen LogP contribution in [0.5, 0.6) is 0 Å². The molecule has 3 heterocycles. The largest absolute Gasteiger partial charge is 1.00 e. The first-order chi connectivity index (χ1) is 19.8. The monoisotopic (exact) mass is 592 g/mol. The Balaban J connectivity index is 0.00000506. The van der Waals surface area contributed by atoms with Crippen molar-refractivity contribution >= 4 is 23.7 Å². The van der Waals surface area contributed by atoms with E-state index in [1.54, 1.807) is 4.90 Å². The number of hydrogen-bond acceptors (Lipinski definition) is 9. The summed E-state index contributed by atoms with van der Waals surface area (Å²) in [6.45, 7) is 6.68. The number of nitrogens with zero attached hydrogens (tertiary/aromatic N) is 5. The van der Waals surface area contributed by atoms with Gasteiger partial charge in [-0.05, 0) is 75.6 Å². The number of alkyl halides is 3. The van der Waals surface area contributed by atoms with Crippen LogP contribution in [0.15, 0.2) is 43.0 Å². The first kappa shape index (κ1) is 33.8. The molecule has 0 radical (unpaired) electrons. The molecule has 14 heteroatoms. The SMILES string of the molecule is CC(C)(C)OC(=O)N1CCC(c2ccc(Nc3ncc(C(F)(F)F)c(CCc4ncncc4CC(=O)[O-])n3)cc2)CC1.[Li+]. The Morgan fingerprint density at radius 2 is 1.67 bits per heavy atom. The van der Waals surface area contributed by atoms with Crippen molar-refractivity contribution in [1.82, 2.24) is 24.8 Å². The molecule has 43 heavy (non-hydrogen) atoms. The molecule has 4 rings (SSSR count). The summed E-state index contributed by atoms with van der Waals surface area (Å²) in [6, 6.07) is 7.50. The number of carboxylic acids is 1. The van der Waals surface area contributed by atoms with Gasteiger partial charge in [0.25, 0.3) is 0 Å². The Labute approximate surface area is 259 Å². The van der Waals surface area contributed by atoms with Crippen molar-refractivity contribution in [2.75, 3.05) is 18.4 Å². The second-order valence-electron chi connectivity index (χ2n) is 11.1. The second-order valence-corrected chi connectivity index (χ2v) is 11.1. The van der Waals surface area contributed by atoms with E-state index in [0.29, 0.717) is 24.5 Å². The number of piperidine rings is 1. The van der Waals surface area contributed by atoms with Crippen molar-refractivity contribution in [3.63, 3.8) is 0 Å². The molecule has 1 saturated heterocycles. The van der Waals surface area contributed by atoms with E-state index in [9.17, 15) is 27.9 Å². The van der Waals surface area contributed by atoms with E-state index in [-0.39, 0.29) is 60.9 Å². The molecule has 1 aliphatic heterocycles. The summed E-state index contributed by atoms with van der Waals surface area (Å²) in [6.07, 6.45) is -0.736. The molecule has 0 aliphatic carbocycles. The number of aliphatic carboxylic acids is 1. The summed E-state index contributed by atoms with van der Waals surface area (Å²) < 4.78 is 46.6. The van der Waals surface area contributed by atoms with Crippen molar-refractivity contribution in [3.8, 4) is 0 Å². The number of ether oxygens (including phenoxy) is 1. The molecule has 0 unspecified atom stereocenters. The van der Waals surface area contributed by atoms with Crippen LogP contribution < -0.4 is 29.3 Å². The fourth-order valence-corrected chi connectivity index (χ4v) is 4.74. The van der Waals surface area contributed by atoms with E-state index in [2.05, 4.69) is 25.3 Å². The smallest absolute Gasteiger partial charge is 0.550 e. The number of carbonyl (C=O) groups is 2. The van der Waals surface area contributed by atoms with Crippen LogP contribution >= 0.6 is 0 Å². The molecular formula is C29H32F3LiN6O4. The quantitative estimate of drug-likeness (QED) is 0.384. The number of likely N-dealkylation sites (tertiary alicyclic amines) is 1. The van der Waals surface area contributed by atoms with Gasteiger partial charge < -0.3 is 24.9 Å². The van der Waals surface area contributed by atoms with E-state index in [0.717, 1.165) is 24.6 Å². The van der Waals surface area contributed by atoms with E-state index in [4.69, 9.17) is 4.74 Å². The van der Waals surface area contributed by atoms with Crippen molar-refractivity contribution < 1.29 is 51.5 Å². The molecule has 3 aromatic rings. The standard InChI is InChI=1S/C29H33F3N6O4.Li/c1-28(2,3)42-27(41)38-12-10-19(11-13-38)18-4-6-21(7-5-18)36-26-34-16-22(29(30,31)32)24(37-26)9-8-23-20(14-25(39)40)15-33-17-35-23;/h4-7,15-17,19H,8-14H2,1-3H3,(H,39,40)(H,34,36,37);/q;+1/p-1. The van der Waals surface area contributed by atoms with Gasteiger partial charge in [-0.3, -0.25) is 0 Å². The molecular weight excluding hydrogens is 560 g/mol. The van der Waals surface area contributed by atoms with E-state index >= 15 is 0 Å². The molecule has 1 aromatic carbocycles. The molecule has 1 fully saturated rings. The minimum absolute atomic E-state index is 0. The van der Waals surface area contributed by atoms with Gasteiger partial charge in [0.05, 0.1) is 11.3 Å². The number of aromatic nitrogens is 4. The van der Waals surface area contributed by atoms with E-state index in [1.165, 1.54) is 12.5 Å². The van der Waals surface area contributed by atoms with Gasteiger partial charge in [0.1, 0.15) is 11.9 Å². The third-order valence-electron chi connectivity index (χ3n) is 6.77. The Bertz CT molecular complexity index is 1410. The number of hydrogen-bond donors (Lipinski definition) is 1. The Kier molecular flexibility index (Phi) is 11.2. The van der Waals surface area contributed by atoms with E-state index in [1.807, 2.05) is 45.0 Å². The van der Waals surface area contributed by atoms with Crippen LogP contribution in [-0.4, -0.2) is 55.6 Å². The Morgan fingerprint density at radius 1 is 1.02 bits per heavy atom. The predicted octanol–water partition coefficient (Wildman–Crippen LogP) is 1.23. The number of halogens is 3. The summed E-state index contributed by atoms with van der Waals surface area (Å²) in [5.74, 6) is -1.09. The van der Waals surface area contributed by atoms with Crippen LogP contribution in [0.4, 0.5) is 29.6 Å². The molecule has 1 N–H and O–H groups in total. The maximum absolute atomic E-state index is 13.7. The number of carboxylic acid groups (broad SMARTS) is 1. The molecule has 2 aromatic heterocycles. The number of anilines is 2. The zero-order valence-electron chi connectivity index (χ0n) is 24.6. The van der Waals surface area contributed by atoms with Crippen LogP contribution in [0.25, 0.3) is 0 Å². The Hall–Kier alpha value is -3.69. The maximum Gasteiger partial charge on any atom is 1.00 e. The molecule has 1 amide bonds. The third-order valence-corrected chi connectivity index (χ3v) is 6.77. The fraction of sp³-hybridized carbons (Fsp3) is 0.448. The third kappa shape index (κ3) is 9.66. The first-order valence-corrected chi connectivity index (χ1v) is 13.5. The van der Waals surface area contributed by atoms with Gasteiger partial charge in [-0.1, -0.05) is 12.1 Å². The van der Waals surface area contributed by atoms with Crippen molar-refractivity contribution in [2.45, 2.75) is 70.6 Å². The fourth-order valence-electron chi connectivity index (χ4n) is 4.74. The van der Waals surface area contributed by atoms with Crippen molar-refractivity contribution in [1.29, 1.82) is 0 Å². The molecule has 0 saturated carbocycles. The van der Waals surface area contributed by atoms with Gasteiger partial charge in [-0.15, -0.1) is 0 Å². The zero-order chi connectivity index (χ0) is 30.5. The van der Waals surface area contributed by atoms with E-state index < -0.39 is 29.7 Å². The van der Waals surface area contributed by atoms with Crippen LogP contribution in [0.1, 0.15) is 67.6 Å². The molecule has 224 valence electrons. The summed E-state index contributed by atoms with van der Waals surface area (Å²) in [5.41, 5.74) is 0.507. The van der Waals surface area contributed by atoms with Gasteiger partial charge in [-0.2, -0.15) is 13.2 Å². The summed E-state index contributed by atoms with van der Waals surface area (Å²) in [4.78, 5) is 40.9. The second kappa shape index (κ2) is 14.2. The maximum atomic E-state index is 13.7. The molecule has 0 atom stereocenters. The van der Waals surface area contributed by atoms with Crippen LogP contribution in [0.2, 0.25) is 0 Å². The molecule has 0 spiro atoms. The number of nitrogens with one attached hydrogen (secondary N) is 1. The Morgan fingerprint density at radius 3 is 2.28 bits per heavy atom. The summed E-state index contributed by atoms with van der Waals surface area (Å²) in [5, 5.41) is 14.0. The van der Waals surface area contributed by atoms with Crippen molar-refractivity contribution in [2.24, 2.45) is 0 Å². The first-order valence-electron chi connectivity index (χ1n) is 13.5. The number of amides is 1. The minimum Gasteiger partial charge on any atom is -0.550 e. The zero-order valence-corrected chi connectivity index (χ0v) is 24.6. The van der Waals surface area contributed by atoms with Gasteiger partial charge in [-0.25, -0.2) is 24.7 Å². The molecule has 1 aliphatic rings. The topological polar surface area (TPSA) is 133 Å². The number of carbonyl (C=O) groups excluding carboxylic acids is 2. The normalized spacial score (nSPS) is 14.1. The van der Waals surface area contributed by atoms with Gasteiger partial charge in [0.15, 0.2) is 0 Å².